The van der Waals surface area contributed by atoms with Crippen LogP contribution in [0.1, 0.15) is 51.4 Å². The molecule has 0 aromatic carbocycles. The Hall–Kier alpha value is -0.570. The van der Waals surface area contributed by atoms with E-state index in [9.17, 15) is 4.79 Å². The first-order chi connectivity index (χ1) is 7.79. The second-order valence-corrected chi connectivity index (χ2v) is 5.22. The minimum Gasteiger partial charge on any atom is -0.469 e. The third kappa shape index (κ3) is 2.97. The van der Waals surface area contributed by atoms with Crippen molar-refractivity contribution < 1.29 is 9.53 Å². The minimum atomic E-state index is -0.0145. The van der Waals surface area contributed by atoms with Crippen LogP contribution in [0, 0.1) is 5.92 Å². The van der Waals surface area contributed by atoms with Crippen LogP contribution in [0.3, 0.4) is 0 Å². The fourth-order valence-electron chi connectivity index (χ4n) is 3.09. The summed E-state index contributed by atoms with van der Waals surface area (Å²) >= 11 is 0. The maximum Gasteiger partial charge on any atom is 0.308 e. The molecule has 2 saturated carbocycles. The lowest BCUT2D eigenvalue weighted by Gasteiger charge is -2.29. The Morgan fingerprint density at radius 2 is 1.56 bits per heavy atom. The van der Waals surface area contributed by atoms with E-state index in [4.69, 9.17) is 4.74 Å². The summed E-state index contributed by atoms with van der Waals surface area (Å²) in [6, 6.07) is 1.39. The molecule has 0 heterocycles. The summed E-state index contributed by atoms with van der Waals surface area (Å²) in [6.45, 7) is 0. The molecule has 1 N–H and O–H groups in total. The zero-order chi connectivity index (χ0) is 11.4. The SMILES string of the molecule is COC(=O)C1CCC(NC2CCCC2)CC1. The Bertz CT molecular complexity index is 228. The predicted octanol–water partition coefficient (Wildman–Crippen LogP) is 2.25. The molecule has 16 heavy (non-hydrogen) atoms. The maximum atomic E-state index is 11.4. The summed E-state index contributed by atoms with van der Waals surface area (Å²) in [4.78, 5) is 11.4. The topological polar surface area (TPSA) is 38.3 Å². The van der Waals surface area contributed by atoms with Crippen molar-refractivity contribution in [3.8, 4) is 0 Å². The normalized spacial score (nSPS) is 31.6. The van der Waals surface area contributed by atoms with Gasteiger partial charge in [-0.15, -0.1) is 0 Å². The summed E-state index contributed by atoms with van der Waals surface area (Å²) in [6.07, 6.45) is 9.72. The smallest absolute Gasteiger partial charge is 0.308 e. The van der Waals surface area contributed by atoms with Crippen LogP contribution in [0.15, 0.2) is 0 Å². The van der Waals surface area contributed by atoms with E-state index in [0.717, 1.165) is 31.7 Å². The van der Waals surface area contributed by atoms with Crippen molar-refractivity contribution in [1.82, 2.24) is 5.32 Å². The Balaban J connectivity index is 1.70. The summed E-state index contributed by atoms with van der Waals surface area (Å²) in [7, 11) is 1.49. The van der Waals surface area contributed by atoms with Crippen LogP contribution in [-0.2, 0) is 9.53 Å². The van der Waals surface area contributed by atoms with Gasteiger partial charge < -0.3 is 10.1 Å². The van der Waals surface area contributed by atoms with Gasteiger partial charge >= 0.3 is 5.97 Å². The zero-order valence-electron chi connectivity index (χ0n) is 10.2. The summed E-state index contributed by atoms with van der Waals surface area (Å²) < 4.78 is 4.80. The van der Waals surface area contributed by atoms with Crippen molar-refractivity contribution in [2.75, 3.05) is 7.11 Å². The summed E-state index contributed by atoms with van der Waals surface area (Å²) in [5.41, 5.74) is 0. The van der Waals surface area contributed by atoms with E-state index in [0.29, 0.717) is 6.04 Å². The molecule has 0 atom stereocenters. The second kappa shape index (κ2) is 5.67. The molecule has 92 valence electrons. The molecule has 0 aromatic rings. The van der Waals surface area contributed by atoms with Crippen LogP contribution < -0.4 is 5.32 Å². The van der Waals surface area contributed by atoms with E-state index < -0.39 is 0 Å². The van der Waals surface area contributed by atoms with Crippen LogP contribution in [0.2, 0.25) is 0 Å². The lowest BCUT2D eigenvalue weighted by molar-refractivity contribution is -0.146. The molecule has 0 spiro atoms. The molecular weight excluding hydrogens is 202 g/mol. The second-order valence-electron chi connectivity index (χ2n) is 5.22. The minimum absolute atomic E-state index is 0.0145. The van der Waals surface area contributed by atoms with E-state index in [1.165, 1.54) is 32.8 Å². The molecule has 2 rings (SSSR count). The molecule has 0 unspecified atom stereocenters. The highest BCUT2D eigenvalue weighted by Crippen LogP contribution is 2.27. The number of carbonyl (C=O) groups excluding carboxylic acids is 1. The number of carbonyl (C=O) groups is 1. The average molecular weight is 225 g/mol. The highest BCUT2D eigenvalue weighted by molar-refractivity contribution is 5.72. The Kier molecular flexibility index (Phi) is 4.22. The van der Waals surface area contributed by atoms with Crippen molar-refractivity contribution in [3.05, 3.63) is 0 Å². The van der Waals surface area contributed by atoms with Gasteiger partial charge in [0.25, 0.3) is 0 Å². The molecule has 3 heteroatoms. The Morgan fingerprint density at radius 3 is 2.12 bits per heavy atom. The van der Waals surface area contributed by atoms with Gasteiger partial charge in [0.15, 0.2) is 0 Å². The average Bonchev–Trinajstić information content (AvgIpc) is 2.82. The largest absolute Gasteiger partial charge is 0.469 e. The van der Waals surface area contributed by atoms with Gasteiger partial charge in [0.2, 0.25) is 0 Å². The number of nitrogens with one attached hydrogen (secondary N) is 1. The number of ether oxygens (including phenoxy) is 1. The predicted molar refractivity (Wildman–Crippen MR) is 63.2 cm³/mol. The lowest BCUT2D eigenvalue weighted by Crippen LogP contribution is -2.40. The highest BCUT2D eigenvalue weighted by atomic mass is 16.5. The first-order valence-corrected chi connectivity index (χ1v) is 6.63. The van der Waals surface area contributed by atoms with Gasteiger partial charge in [-0.25, -0.2) is 0 Å². The van der Waals surface area contributed by atoms with Crippen molar-refractivity contribution in [1.29, 1.82) is 0 Å². The van der Waals surface area contributed by atoms with Crippen LogP contribution in [-0.4, -0.2) is 25.2 Å². The van der Waals surface area contributed by atoms with Crippen LogP contribution in [0.4, 0.5) is 0 Å². The van der Waals surface area contributed by atoms with Gasteiger partial charge in [-0.2, -0.15) is 0 Å². The fraction of sp³-hybridized carbons (Fsp3) is 0.923. The number of hydrogen-bond acceptors (Lipinski definition) is 3. The standard InChI is InChI=1S/C13H23NO2/c1-16-13(15)10-6-8-12(9-7-10)14-11-4-2-3-5-11/h10-12,14H,2-9H2,1H3. The van der Waals surface area contributed by atoms with E-state index in [1.54, 1.807) is 0 Å². The molecule has 0 amide bonds. The van der Waals surface area contributed by atoms with Gasteiger partial charge in [-0.3, -0.25) is 4.79 Å². The van der Waals surface area contributed by atoms with E-state index in [2.05, 4.69) is 5.32 Å². The van der Waals surface area contributed by atoms with E-state index >= 15 is 0 Å². The van der Waals surface area contributed by atoms with E-state index in [1.807, 2.05) is 0 Å². The van der Waals surface area contributed by atoms with Gasteiger partial charge in [0.1, 0.15) is 0 Å². The summed E-state index contributed by atoms with van der Waals surface area (Å²) in [5, 5.41) is 3.74. The maximum absolute atomic E-state index is 11.4. The summed E-state index contributed by atoms with van der Waals surface area (Å²) in [5.74, 6) is 0.144. The Labute approximate surface area is 97.9 Å². The monoisotopic (exact) mass is 225 g/mol. The number of hydrogen-bond donors (Lipinski definition) is 1. The van der Waals surface area contributed by atoms with Crippen LogP contribution in [0.25, 0.3) is 0 Å². The molecule has 0 radical (unpaired) electrons. The van der Waals surface area contributed by atoms with Gasteiger partial charge in [-0.1, -0.05) is 12.8 Å². The van der Waals surface area contributed by atoms with Crippen molar-refractivity contribution in [2.45, 2.75) is 63.5 Å². The van der Waals surface area contributed by atoms with Crippen molar-refractivity contribution >= 4 is 5.97 Å². The van der Waals surface area contributed by atoms with Crippen LogP contribution >= 0.6 is 0 Å². The zero-order valence-corrected chi connectivity index (χ0v) is 10.2. The number of rotatable bonds is 3. The molecule has 2 aliphatic carbocycles. The quantitative estimate of drug-likeness (QED) is 0.749. The molecule has 3 nitrogen and oxygen atoms in total. The third-order valence-corrected chi connectivity index (χ3v) is 4.09. The molecule has 0 saturated heterocycles. The van der Waals surface area contributed by atoms with E-state index in [-0.39, 0.29) is 11.9 Å². The highest BCUT2D eigenvalue weighted by Gasteiger charge is 2.28. The number of methoxy groups -OCH3 is 1. The molecule has 0 aliphatic heterocycles. The van der Waals surface area contributed by atoms with Gasteiger partial charge in [0, 0.05) is 12.1 Å². The Morgan fingerprint density at radius 1 is 1.00 bits per heavy atom. The first-order valence-electron chi connectivity index (χ1n) is 6.63. The molecular formula is C13H23NO2. The molecule has 0 aromatic heterocycles. The fourth-order valence-corrected chi connectivity index (χ4v) is 3.09. The lowest BCUT2D eigenvalue weighted by atomic mass is 9.85. The molecule has 2 aliphatic rings. The van der Waals surface area contributed by atoms with Crippen LogP contribution in [0.5, 0.6) is 0 Å². The third-order valence-electron chi connectivity index (χ3n) is 4.09. The first kappa shape index (κ1) is 11.9. The number of esters is 1. The molecule has 0 bridgehead atoms. The van der Waals surface area contributed by atoms with Gasteiger partial charge in [0.05, 0.1) is 13.0 Å². The van der Waals surface area contributed by atoms with Crippen molar-refractivity contribution in [2.24, 2.45) is 5.92 Å². The van der Waals surface area contributed by atoms with Crippen molar-refractivity contribution in [3.63, 3.8) is 0 Å². The molecule has 2 fully saturated rings. The van der Waals surface area contributed by atoms with Gasteiger partial charge in [-0.05, 0) is 38.5 Å².